The zero-order chi connectivity index (χ0) is 12.9. The van der Waals surface area contributed by atoms with E-state index in [1.165, 1.54) is 0 Å². The van der Waals surface area contributed by atoms with Crippen molar-refractivity contribution in [3.63, 3.8) is 0 Å². The second-order valence-corrected chi connectivity index (χ2v) is 3.23. The number of hydrogen-bond acceptors (Lipinski definition) is 2. The lowest BCUT2D eigenvalue weighted by Gasteiger charge is -2.08. The number of aromatic hydroxyl groups is 2. The molecule has 2 nitrogen and oxygen atoms in total. The second-order valence-electron chi connectivity index (χ2n) is 3.23. The van der Waals surface area contributed by atoms with E-state index in [0.29, 0.717) is 0 Å². The van der Waals surface area contributed by atoms with Crippen molar-refractivity contribution in [3.8, 4) is 11.5 Å². The van der Waals surface area contributed by atoms with E-state index < -0.39 is 51.4 Å². The highest BCUT2D eigenvalue weighted by molar-refractivity contribution is 5.94. The summed E-state index contributed by atoms with van der Waals surface area (Å²) in [6, 6.07) is 0.216. The summed E-state index contributed by atoms with van der Waals surface area (Å²) < 4.78 is 65.1. The molecule has 0 saturated heterocycles. The normalized spacial score (nSPS) is 11.1. The molecule has 0 aliphatic carbocycles. The third-order valence-electron chi connectivity index (χ3n) is 2.25. The van der Waals surface area contributed by atoms with Gasteiger partial charge in [-0.3, -0.25) is 0 Å². The first kappa shape index (κ1) is 11.4. The maximum atomic E-state index is 13.2. The van der Waals surface area contributed by atoms with Gasteiger partial charge in [0.2, 0.25) is 5.82 Å². The number of phenols is 2. The number of fused-ring (bicyclic) bond motifs is 1. The minimum atomic E-state index is -2.15. The molecule has 0 spiro atoms. The first-order chi connectivity index (χ1) is 7.86. The molecule has 0 aliphatic heterocycles. The highest BCUT2D eigenvalue weighted by Crippen LogP contribution is 2.40. The van der Waals surface area contributed by atoms with Gasteiger partial charge in [0.05, 0.1) is 10.8 Å². The minimum Gasteiger partial charge on any atom is -0.507 e. The first-order valence-electron chi connectivity index (χ1n) is 4.22. The van der Waals surface area contributed by atoms with E-state index in [4.69, 9.17) is 5.11 Å². The zero-order valence-corrected chi connectivity index (χ0v) is 7.86. The number of benzene rings is 2. The standard InChI is InChI=1S/C10H3F5O2/c11-2-1-3(16)4-5(6(2)12)7(13)8(14)9(15)10(4)17/h1,16-17H. The molecule has 0 bridgehead atoms. The van der Waals surface area contributed by atoms with Crippen LogP contribution in [0.15, 0.2) is 6.07 Å². The van der Waals surface area contributed by atoms with Gasteiger partial charge in [0.25, 0.3) is 0 Å². The van der Waals surface area contributed by atoms with Gasteiger partial charge < -0.3 is 10.2 Å². The van der Waals surface area contributed by atoms with Gasteiger partial charge in [0.15, 0.2) is 29.0 Å². The van der Waals surface area contributed by atoms with Crippen LogP contribution in [-0.4, -0.2) is 10.2 Å². The van der Waals surface area contributed by atoms with Crippen molar-refractivity contribution >= 4 is 10.8 Å². The highest BCUT2D eigenvalue weighted by Gasteiger charge is 2.26. The van der Waals surface area contributed by atoms with Crippen LogP contribution in [0, 0.1) is 29.1 Å². The third kappa shape index (κ3) is 1.38. The van der Waals surface area contributed by atoms with Crippen molar-refractivity contribution in [2.45, 2.75) is 0 Å². The molecule has 2 aromatic rings. The van der Waals surface area contributed by atoms with Crippen molar-refractivity contribution in [1.82, 2.24) is 0 Å². The Morgan fingerprint density at radius 2 is 1.29 bits per heavy atom. The molecule has 0 saturated carbocycles. The van der Waals surface area contributed by atoms with Gasteiger partial charge in [-0.2, -0.15) is 4.39 Å². The summed E-state index contributed by atoms with van der Waals surface area (Å²) in [4.78, 5) is 0. The maximum absolute atomic E-state index is 13.2. The van der Waals surface area contributed by atoms with Crippen molar-refractivity contribution < 1.29 is 32.2 Å². The number of phenolic OH excluding ortho intramolecular Hbond substituents is 2. The van der Waals surface area contributed by atoms with Crippen LogP contribution in [0.1, 0.15) is 0 Å². The summed E-state index contributed by atoms with van der Waals surface area (Å²) in [6.07, 6.45) is 0. The SMILES string of the molecule is Oc1cc(F)c(F)c2c(F)c(F)c(F)c(O)c12. The van der Waals surface area contributed by atoms with Crippen molar-refractivity contribution in [1.29, 1.82) is 0 Å². The van der Waals surface area contributed by atoms with E-state index in [1.807, 2.05) is 0 Å². The summed E-state index contributed by atoms with van der Waals surface area (Å²) in [6.45, 7) is 0. The number of hydrogen-bond donors (Lipinski definition) is 2. The maximum Gasteiger partial charge on any atom is 0.204 e. The van der Waals surface area contributed by atoms with E-state index in [2.05, 4.69) is 0 Å². The predicted molar refractivity (Wildman–Crippen MR) is 47.1 cm³/mol. The first-order valence-corrected chi connectivity index (χ1v) is 4.22. The number of halogens is 5. The summed E-state index contributed by atoms with van der Waals surface area (Å²) in [5.74, 6) is -12.2. The number of rotatable bonds is 0. The van der Waals surface area contributed by atoms with Crippen LogP contribution in [0.4, 0.5) is 22.0 Å². The Bertz CT molecular complexity index is 639. The Labute approximate surface area is 90.5 Å². The predicted octanol–water partition coefficient (Wildman–Crippen LogP) is 2.95. The molecule has 2 N–H and O–H groups in total. The van der Waals surface area contributed by atoms with Gasteiger partial charge in [-0.25, -0.2) is 17.6 Å². The molecular weight excluding hydrogens is 247 g/mol. The lowest BCUT2D eigenvalue weighted by Crippen LogP contribution is -1.98. The van der Waals surface area contributed by atoms with E-state index in [9.17, 15) is 27.1 Å². The molecule has 0 unspecified atom stereocenters. The van der Waals surface area contributed by atoms with Gasteiger partial charge in [-0.05, 0) is 0 Å². The molecule has 7 heteroatoms. The van der Waals surface area contributed by atoms with Crippen LogP contribution in [0.2, 0.25) is 0 Å². The summed E-state index contributed by atoms with van der Waals surface area (Å²) >= 11 is 0. The Morgan fingerprint density at radius 1 is 0.706 bits per heavy atom. The van der Waals surface area contributed by atoms with Gasteiger partial charge in [0.1, 0.15) is 5.75 Å². The van der Waals surface area contributed by atoms with E-state index in [0.717, 1.165) is 0 Å². The highest BCUT2D eigenvalue weighted by atomic mass is 19.2. The molecule has 17 heavy (non-hydrogen) atoms. The molecule has 2 rings (SSSR count). The fourth-order valence-electron chi connectivity index (χ4n) is 1.48. The molecule has 0 atom stereocenters. The molecule has 2 aromatic carbocycles. The van der Waals surface area contributed by atoms with Crippen LogP contribution in [0.5, 0.6) is 11.5 Å². The van der Waals surface area contributed by atoms with Crippen molar-refractivity contribution in [2.75, 3.05) is 0 Å². The largest absolute Gasteiger partial charge is 0.507 e. The lowest BCUT2D eigenvalue weighted by atomic mass is 10.1. The molecule has 0 radical (unpaired) electrons. The average Bonchev–Trinajstić information content (AvgIpc) is 2.28. The molecule has 0 aliphatic rings. The quantitative estimate of drug-likeness (QED) is 0.557. The summed E-state index contributed by atoms with van der Waals surface area (Å²) in [5.41, 5.74) is 0. The Morgan fingerprint density at radius 3 is 1.88 bits per heavy atom. The molecular formula is C10H3F5O2. The average molecular weight is 250 g/mol. The van der Waals surface area contributed by atoms with Crippen LogP contribution in [-0.2, 0) is 0 Å². The molecule has 0 aromatic heterocycles. The van der Waals surface area contributed by atoms with Crippen LogP contribution in [0.25, 0.3) is 10.8 Å². The second kappa shape index (κ2) is 3.47. The topological polar surface area (TPSA) is 40.5 Å². The van der Waals surface area contributed by atoms with Crippen LogP contribution < -0.4 is 0 Å². The monoisotopic (exact) mass is 250 g/mol. The molecule has 0 heterocycles. The minimum absolute atomic E-state index is 0.216. The van der Waals surface area contributed by atoms with Crippen molar-refractivity contribution in [2.24, 2.45) is 0 Å². The third-order valence-corrected chi connectivity index (χ3v) is 2.25. The Hall–Kier alpha value is -2.05. The van der Waals surface area contributed by atoms with E-state index in [-0.39, 0.29) is 6.07 Å². The van der Waals surface area contributed by atoms with E-state index in [1.54, 1.807) is 0 Å². The zero-order valence-electron chi connectivity index (χ0n) is 7.86. The van der Waals surface area contributed by atoms with Crippen LogP contribution in [0.3, 0.4) is 0 Å². The van der Waals surface area contributed by atoms with Gasteiger partial charge in [-0.1, -0.05) is 0 Å². The smallest absolute Gasteiger partial charge is 0.204 e. The summed E-state index contributed by atoms with van der Waals surface area (Å²) in [7, 11) is 0. The fourth-order valence-corrected chi connectivity index (χ4v) is 1.48. The molecule has 90 valence electrons. The summed E-state index contributed by atoms with van der Waals surface area (Å²) in [5, 5.41) is 15.9. The van der Waals surface area contributed by atoms with Gasteiger partial charge in [0, 0.05) is 6.07 Å². The van der Waals surface area contributed by atoms with Crippen molar-refractivity contribution in [3.05, 3.63) is 35.2 Å². The fraction of sp³-hybridized carbons (Fsp3) is 0. The Kier molecular flexibility index (Phi) is 2.34. The van der Waals surface area contributed by atoms with Gasteiger partial charge >= 0.3 is 0 Å². The lowest BCUT2D eigenvalue weighted by molar-refractivity contribution is 0.389. The molecule has 0 amide bonds. The van der Waals surface area contributed by atoms with E-state index >= 15 is 0 Å². The molecule has 0 fully saturated rings. The van der Waals surface area contributed by atoms with Crippen LogP contribution >= 0.6 is 0 Å². The van der Waals surface area contributed by atoms with Gasteiger partial charge in [-0.15, -0.1) is 0 Å². The Balaban J connectivity index is 3.17.